The van der Waals surface area contributed by atoms with E-state index in [0.29, 0.717) is 11.1 Å². The molecule has 0 N–H and O–H groups in total. The van der Waals surface area contributed by atoms with Gasteiger partial charge in [-0.05, 0) is 120 Å². The van der Waals surface area contributed by atoms with Crippen molar-refractivity contribution in [2.24, 2.45) is 0 Å². The van der Waals surface area contributed by atoms with Gasteiger partial charge in [0.15, 0.2) is 0 Å². The second-order valence-electron chi connectivity index (χ2n) is 18.0. The predicted octanol–water partition coefficient (Wildman–Crippen LogP) is 14.3. The molecule has 69 heavy (non-hydrogen) atoms. The van der Waals surface area contributed by atoms with Gasteiger partial charge in [0.25, 0.3) is 0 Å². The third-order valence-electron chi connectivity index (χ3n) is 14.6. The molecule has 7 nitrogen and oxygen atoms in total. The van der Waals surface area contributed by atoms with Crippen molar-refractivity contribution in [1.82, 2.24) is 23.7 Å². The minimum absolute atomic E-state index is 0.631. The van der Waals surface area contributed by atoms with Crippen LogP contribution in [0, 0.1) is 22.7 Å². The van der Waals surface area contributed by atoms with Crippen LogP contribution in [-0.4, -0.2) is 23.7 Å². The fourth-order valence-corrected chi connectivity index (χ4v) is 13.1. The lowest BCUT2D eigenvalue weighted by Gasteiger charge is -2.39. The topological polar surface area (TPSA) is 88.1 Å². The first-order chi connectivity index (χ1) is 34.1. The Hall–Kier alpha value is -9.21. The lowest BCUT2D eigenvalue weighted by molar-refractivity contribution is 0.718. The number of rotatable bonds is 3. The Balaban J connectivity index is 0.950. The average molecular weight is 896 g/mol. The average Bonchev–Trinajstić information content (AvgIpc) is 4.12. The van der Waals surface area contributed by atoms with E-state index in [4.69, 9.17) is 9.97 Å². The summed E-state index contributed by atoms with van der Waals surface area (Å²) in [6.07, 6.45) is 3.86. The summed E-state index contributed by atoms with van der Waals surface area (Å²) in [6, 6.07) is 71.5. The molecule has 0 radical (unpaired) electrons. The van der Waals surface area contributed by atoms with E-state index in [1.54, 1.807) is 0 Å². The van der Waals surface area contributed by atoms with E-state index in [0.717, 1.165) is 99.6 Å². The molecule has 13 aromatic rings. The van der Waals surface area contributed by atoms with Gasteiger partial charge in [0.1, 0.15) is 0 Å². The number of hydrogen-bond donors (Lipinski definition) is 0. The highest BCUT2D eigenvalue weighted by Gasteiger charge is 2.52. The molecule has 1 unspecified atom stereocenters. The van der Waals surface area contributed by atoms with Crippen LogP contribution in [0.4, 0.5) is 0 Å². The Morgan fingerprint density at radius 2 is 0.870 bits per heavy atom. The van der Waals surface area contributed by atoms with Gasteiger partial charge in [0.2, 0.25) is 0 Å². The van der Waals surface area contributed by atoms with Crippen LogP contribution < -0.4 is 0 Å². The van der Waals surface area contributed by atoms with E-state index in [1.807, 2.05) is 48.4 Å². The highest BCUT2D eigenvalue weighted by atomic mass is 32.2. The Morgan fingerprint density at radius 3 is 1.52 bits per heavy atom. The number of benzene rings is 8. The Kier molecular flexibility index (Phi) is 7.65. The van der Waals surface area contributed by atoms with Crippen molar-refractivity contribution in [2.75, 3.05) is 0 Å². The SMILES string of the molecule is N#Cc1ccc2c(c1)c1ccccc1n2-c1cnc2c(c1)C1(c3ccccc3Sc3cc(-n4c5ccccc5c5cc(-n6c7ccccc7c7cc(C#N)ccc76)ccc54)ccc31)c1cccnc1-2. The van der Waals surface area contributed by atoms with Crippen molar-refractivity contribution < 1.29 is 0 Å². The molecule has 1 aliphatic carbocycles. The number of aromatic nitrogens is 5. The quantitative estimate of drug-likeness (QED) is 0.176. The smallest absolute Gasteiger partial charge is 0.0991 e. The molecule has 0 saturated carbocycles. The van der Waals surface area contributed by atoms with Gasteiger partial charge in [0.05, 0.1) is 85.1 Å². The fraction of sp³-hybridized carbons (Fsp3) is 0.0164. The molecule has 8 heteroatoms. The van der Waals surface area contributed by atoms with Crippen LogP contribution in [0.5, 0.6) is 0 Å². The van der Waals surface area contributed by atoms with Gasteiger partial charge in [0, 0.05) is 65.2 Å². The van der Waals surface area contributed by atoms with Gasteiger partial charge in [-0.1, -0.05) is 96.7 Å². The van der Waals surface area contributed by atoms with Gasteiger partial charge in [-0.15, -0.1) is 0 Å². The molecule has 0 fully saturated rings. The van der Waals surface area contributed by atoms with Gasteiger partial charge >= 0.3 is 0 Å². The van der Waals surface area contributed by atoms with E-state index in [2.05, 4.69) is 190 Å². The maximum Gasteiger partial charge on any atom is 0.0991 e. The van der Waals surface area contributed by atoms with Crippen LogP contribution in [0.15, 0.2) is 210 Å². The summed E-state index contributed by atoms with van der Waals surface area (Å²) in [7, 11) is 0. The Labute approximate surface area is 399 Å². The molecule has 0 saturated heterocycles. The summed E-state index contributed by atoms with van der Waals surface area (Å²) in [5.74, 6) is 0. The number of nitrogens with zero attached hydrogens (tertiary/aromatic N) is 7. The molecule has 1 atom stereocenters. The molecule has 318 valence electrons. The lowest BCUT2D eigenvalue weighted by Crippen LogP contribution is -2.32. The molecule has 5 aromatic heterocycles. The van der Waals surface area contributed by atoms with Gasteiger partial charge in [-0.2, -0.15) is 10.5 Å². The molecule has 6 heterocycles. The van der Waals surface area contributed by atoms with Crippen LogP contribution in [0.2, 0.25) is 0 Å². The zero-order valence-corrected chi connectivity index (χ0v) is 37.4. The van der Waals surface area contributed by atoms with Gasteiger partial charge in [-0.25, -0.2) is 0 Å². The standard InChI is InChI=1S/C61H33N7S/c62-33-36-19-24-54-44(28-36)41-10-1-5-15-51(41)66(54)38-22-26-56-46(30-38)43-12-3-6-16-52(43)67(56)39-21-23-48-58(32-39)69-57-18-8-4-13-47(57)61(48)49-14-9-27-64-59(49)60-50(61)31-40(35-65-60)68-53-17-7-2-11-42(53)45-29-37(34-63)20-25-55(45)68/h1-32,35H. The molecule has 1 aliphatic heterocycles. The van der Waals surface area contributed by atoms with Crippen molar-refractivity contribution in [2.45, 2.75) is 15.2 Å². The van der Waals surface area contributed by atoms with Crippen molar-refractivity contribution in [3.63, 3.8) is 0 Å². The van der Waals surface area contributed by atoms with E-state index in [1.165, 1.54) is 26.3 Å². The number of nitriles is 2. The Morgan fingerprint density at radius 1 is 0.377 bits per heavy atom. The molecular weight excluding hydrogens is 863 g/mol. The largest absolute Gasteiger partial charge is 0.309 e. The zero-order chi connectivity index (χ0) is 45.5. The maximum absolute atomic E-state index is 9.88. The molecule has 1 spiro atoms. The molecule has 15 rings (SSSR count). The van der Waals surface area contributed by atoms with Crippen molar-refractivity contribution >= 4 is 77.2 Å². The second-order valence-corrected chi connectivity index (χ2v) is 19.0. The summed E-state index contributed by atoms with van der Waals surface area (Å²) in [4.78, 5) is 12.8. The molecular formula is C61H33N7S. The van der Waals surface area contributed by atoms with E-state index < -0.39 is 5.41 Å². The molecule has 8 aromatic carbocycles. The highest BCUT2D eigenvalue weighted by molar-refractivity contribution is 7.99. The Bertz CT molecular complexity index is 4520. The van der Waals surface area contributed by atoms with Crippen molar-refractivity contribution in [3.8, 4) is 40.6 Å². The second kappa shape index (κ2) is 13.9. The summed E-state index contributed by atoms with van der Waals surface area (Å²) < 4.78 is 7.02. The van der Waals surface area contributed by atoms with E-state index >= 15 is 0 Å². The predicted molar refractivity (Wildman–Crippen MR) is 276 cm³/mol. The minimum atomic E-state index is -0.712. The highest BCUT2D eigenvalue weighted by Crippen LogP contribution is 2.62. The summed E-state index contributed by atoms with van der Waals surface area (Å²) in [6.45, 7) is 0. The third kappa shape index (κ3) is 5.00. The first-order valence-electron chi connectivity index (χ1n) is 22.9. The zero-order valence-electron chi connectivity index (χ0n) is 36.6. The van der Waals surface area contributed by atoms with Gasteiger partial charge < -0.3 is 13.7 Å². The van der Waals surface area contributed by atoms with Crippen LogP contribution >= 0.6 is 11.8 Å². The first-order valence-corrected chi connectivity index (χ1v) is 23.7. The maximum atomic E-state index is 9.88. The molecule has 2 aliphatic rings. The number of hydrogen-bond acceptors (Lipinski definition) is 5. The third-order valence-corrected chi connectivity index (χ3v) is 15.8. The van der Waals surface area contributed by atoms with E-state index in [9.17, 15) is 10.5 Å². The number of para-hydroxylation sites is 3. The van der Waals surface area contributed by atoms with Crippen LogP contribution in [-0.2, 0) is 5.41 Å². The van der Waals surface area contributed by atoms with Crippen molar-refractivity contribution in [3.05, 3.63) is 234 Å². The van der Waals surface area contributed by atoms with Gasteiger partial charge in [-0.3, -0.25) is 9.97 Å². The fourth-order valence-electron chi connectivity index (χ4n) is 11.9. The van der Waals surface area contributed by atoms with Crippen LogP contribution in [0.1, 0.15) is 33.4 Å². The minimum Gasteiger partial charge on any atom is -0.309 e. The molecule has 0 amide bonds. The summed E-state index contributed by atoms with van der Waals surface area (Å²) >= 11 is 1.82. The normalized spacial score (nSPS) is 14.6. The molecule has 0 bridgehead atoms. The summed E-state index contributed by atoms with van der Waals surface area (Å²) in [5.41, 5.74) is 16.5. The van der Waals surface area contributed by atoms with Crippen molar-refractivity contribution in [1.29, 1.82) is 10.5 Å². The first kappa shape index (κ1) is 38.0. The monoisotopic (exact) mass is 895 g/mol. The summed E-state index contributed by atoms with van der Waals surface area (Å²) in [5, 5.41) is 26.3. The lowest BCUT2D eigenvalue weighted by atomic mass is 9.67. The number of fused-ring (bicyclic) bond motifs is 18. The number of pyridine rings is 2. The van der Waals surface area contributed by atoms with Crippen LogP contribution in [0.3, 0.4) is 0 Å². The van der Waals surface area contributed by atoms with Crippen LogP contribution in [0.25, 0.3) is 93.9 Å². The van der Waals surface area contributed by atoms with E-state index in [-0.39, 0.29) is 0 Å².